The molecule has 18 heavy (non-hydrogen) atoms. The van der Waals surface area contributed by atoms with Crippen molar-refractivity contribution in [3.63, 3.8) is 0 Å². The number of rotatable bonds is 4. The number of hydrogen-bond acceptors (Lipinski definition) is 3. The number of carbonyl (C=O) groups excluding carboxylic acids is 2. The van der Waals surface area contributed by atoms with E-state index < -0.39 is 29.2 Å². The Kier molecular flexibility index (Phi) is 4.03. The van der Waals surface area contributed by atoms with Crippen LogP contribution in [-0.4, -0.2) is 30.2 Å². The Morgan fingerprint density at radius 2 is 1.94 bits per heavy atom. The molecule has 0 radical (unpaired) electrons. The van der Waals surface area contributed by atoms with Crippen molar-refractivity contribution in [1.29, 1.82) is 0 Å². The zero-order valence-electron chi connectivity index (χ0n) is 10.1. The maximum Gasteiger partial charge on any atom is 0.412 e. The second kappa shape index (κ2) is 4.99. The zero-order valence-corrected chi connectivity index (χ0v) is 10.1. The van der Waals surface area contributed by atoms with E-state index in [0.29, 0.717) is 18.9 Å². The summed E-state index contributed by atoms with van der Waals surface area (Å²) in [7, 11) is 0. The first-order valence-corrected chi connectivity index (χ1v) is 5.46. The monoisotopic (exact) mass is 265 g/mol. The summed E-state index contributed by atoms with van der Waals surface area (Å²) in [5, 5.41) is 2.27. The van der Waals surface area contributed by atoms with Gasteiger partial charge in [-0.25, -0.2) is 4.79 Å². The van der Waals surface area contributed by atoms with Crippen LogP contribution in [0, 0.1) is 0 Å². The van der Waals surface area contributed by atoms with Crippen LogP contribution in [0.5, 0.6) is 0 Å². The lowest BCUT2D eigenvalue weighted by atomic mass is 10.2. The van der Waals surface area contributed by atoms with Gasteiger partial charge in [0.25, 0.3) is 0 Å². The highest BCUT2D eigenvalue weighted by molar-refractivity contribution is 5.95. The molecule has 102 valence electrons. The molecule has 0 bridgehead atoms. The van der Waals surface area contributed by atoms with Gasteiger partial charge in [-0.15, -0.1) is 0 Å². The van der Waals surface area contributed by atoms with Crippen molar-refractivity contribution < 1.29 is 27.5 Å². The number of halogens is 3. The van der Waals surface area contributed by atoms with E-state index >= 15 is 0 Å². The number of nitrogens with one attached hydrogen (secondary N) is 1. The molecule has 1 aliphatic carbocycles. The first-order valence-electron chi connectivity index (χ1n) is 5.46. The van der Waals surface area contributed by atoms with Gasteiger partial charge in [-0.1, -0.05) is 0 Å². The Hall–Kier alpha value is -1.53. The lowest BCUT2D eigenvalue weighted by Crippen LogP contribution is -2.43. The highest BCUT2D eigenvalue weighted by atomic mass is 19.4. The zero-order chi connectivity index (χ0) is 14.0. The number of esters is 1. The summed E-state index contributed by atoms with van der Waals surface area (Å²) < 4.78 is 41.3. The molecule has 0 unspecified atom stereocenters. The lowest BCUT2D eigenvalue weighted by molar-refractivity contribution is -0.148. The molecule has 0 saturated heterocycles. The topological polar surface area (TPSA) is 55.4 Å². The Balaban J connectivity index is 2.64. The normalized spacial score (nSPS) is 18.2. The van der Waals surface area contributed by atoms with Crippen LogP contribution in [0.3, 0.4) is 0 Å². The fourth-order valence-electron chi connectivity index (χ4n) is 1.32. The average Bonchev–Trinajstić information content (AvgIpc) is 2.97. The van der Waals surface area contributed by atoms with Gasteiger partial charge in [0.2, 0.25) is 5.91 Å². The van der Waals surface area contributed by atoms with E-state index in [2.05, 4.69) is 5.32 Å². The van der Waals surface area contributed by atoms with E-state index in [4.69, 9.17) is 4.74 Å². The number of ether oxygens (including phenoxy) is 1. The molecule has 0 atom stereocenters. The molecular weight excluding hydrogens is 251 g/mol. The molecule has 0 aromatic rings. The van der Waals surface area contributed by atoms with Crippen molar-refractivity contribution in [1.82, 2.24) is 5.32 Å². The minimum absolute atomic E-state index is 0.161. The van der Waals surface area contributed by atoms with Gasteiger partial charge < -0.3 is 10.1 Å². The SMILES string of the molecule is CCOC(=O)C1(NC(=O)/C=C(\C)C(F)(F)F)CC1. The van der Waals surface area contributed by atoms with Crippen molar-refractivity contribution in [3.05, 3.63) is 11.6 Å². The largest absolute Gasteiger partial charge is 0.464 e. The lowest BCUT2D eigenvalue weighted by Gasteiger charge is -2.15. The van der Waals surface area contributed by atoms with Crippen LogP contribution in [0.15, 0.2) is 11.6 Å². The van der Waals surface area contributed by atoms with E-state index in [1.165, 1.54) is 0 Å². The Labute approximate surface area is 102 Å². The number of alkyl halides is 3. The van der Waals surface area contributed by atoms with Gasteiger partial charge in [0.15, 0.2) is 0 Å². The van der Waals surface area contributed by atoms with Crippen molar-refractivity contribution in [2.45, 2.75) is 38.4 Å². The highest BCUT2D eigenvalue weighted by Gasteiger charge is 2.52. The minimum atomic E-state index is -4.54. The van der Waals surface area contributed by atoms with Gasteiger partial charge in [-0.2, -0.15) is 13.2 Å². The third-order valence-electron chi connectivity index (χ3n) is 2.57. The Morgan fingerprint density at radius 3 is 2.33 bits per heavy atom. The van der Waals surface area contributed by atoms with Crippen LogP contribution in [-0.2, 0) is 14.3 Å². The van der Waals surface area contributed by atoms with Crippen LogP contribution in [0.25, 0.3) is 0 Å². The minimum Gasteiger partial charge on any atom is -0.464 e. The third-order valence-corrected chi connectivity index (χ3v) is 2.57. The number of hydrogen-bond donors (Lipinski definition) is 1. The fraction of sp³-hybridized carbons (Fsp3) is 0.636. The average molecular weight is 265 g/mol. The van der Waals surface area contributed by atoms with Crippen molar-refractivity contribution >= 4 is 11.9 Å². The predicted octanol–water partition coefficient (Wildman–Crippen LogP) is 1.71. The van der Waals surface area contributed by atoms with Crippen LogP contribution >= 0.6 is 0 Å². The van der Waals surface area contributed by atoms with Crippen molar-refractivity contribution in [2.24, 2.45) is 0 Å². The van der Waals surface area contributed by atoms with Gasteiger partial charge in [0.05, 0.1) is 6.61 Å². The van der Waals surface area contributed by atoms with Crippen LogP contribution < -0.4 is 5.32 Å². The smallest absolute Gasteiger partial charge is 0.412 e. The summed E-state index contributed by atoms with van der Waals surface area (Å²) >= 11 is 0. The van der Waals surface area contributed by atoms with Gasteiger partial charge >= 0.3 is 12.1 Å². The summed E-state index contributed by atoms with van der Waals surface area (Å²) in [6.45, 7) is 2.57. The summed E-state index contributed by atoms with van der Waals surface area (Å²) in [4.78, 5) is 22.8. The van der Waals surface area contributed by atoms with Crippen molar-refractivity contribution in [2.75, 3.05) is 6.61 Å². The molecule has 1 fully saturated rings. The molecule has 1 aliphatic rings. The summed E-state index contributed by atoms with van der Waals surface area (Å²) in [6, 6.07) is 0. The third kappa shape index (κ3) is 3.48. The maximum absolute atomic E-state index is 12.2. The fourth-order valence-corrected chi connectivity index (χ4v) is 1.32. The molecule has 7 heteroatoms. The van der Waals surface area contributed by atoms with E-state index in [1.54, 1.807) is 6.92 Å². The molecule has 0 aromatic heterocycles. The quantitative estimate of drug-likeness (QED) is 0.622. The van der Waals surface area contributed by atoms with E-state index in [9.17, 15) is 22.8 Å². The Morgan fingerprint density at radius 1 is 1.39 bits per heavy atom. The molecule has 0 heterocycles. The molecule has 0 aromatic carbocycles. The van der Waals surface area contributed by atoms with E-state index in [1.807, 2.05) is 0 Å². The summed E-state index contributed by atoms with van der Waals surface area (Å²) in [5.41, 5.74) is -2.14. The van der Waals surface area contributed by atoms with Gasteiger partial charge in [0.1, 0.15) is 5.54 Å². The van der Waals surface area contributed by atoms with Crippen LogP contribution in [0.2, 0.25) is 0 Å². The maximum atomic E-state index is 12.2. The van der Waals surface area contributed by atoms with Crippen molar-refractivity contribution in [3.8, 4) is 0 Å². The second-order valence-electron chi connectivity index (χ2n) is 4.12. The number of carbonyl (C=O) groups is 2. The van der Waals surface area contributed by atoms with Crippen LogP contribution in [0.4, 0.5) is 13.2 Å². The first kappa shape index (κ1) is 14.5. The van der Waals surface area contributed by atoms with Gasteiger partial charge in [-0.3, -0.25) is 4.79 Å². The molecule has 1 N–H and O–H groups in total. The van der Waals surface area contributed by atoms with Gasteiger partial charge in [0, 0.05) is 11.6 Å². The summed E-state index contributed by atoms with van der Waals surface area (Å²) in [5.74, 6) is -1.54. The second-order valence-corrected chi connectivity index (χ2v) is 4.12. The van der Waals surface area contributed by atoms with E-state index in [-0.39, 0.29) is 6.61 Å². The van der Waals surface area contributed by atoms with E-state index in [0.717, 1.165) is 6.92 Å². The summed E-state index contributed by atoms with van der Waals surface area (Å²) in [6.07, 6.45) is -3.33. The molecule has 0 aliphatic heterocycles. The first-order chi connectivity index (χ1) is 8.21. The molecule has 4 nitrogen and oxygen atoms in total. The highest BCUT2D eigenvalue weighted by Crippen LogP contribution is 2.36. The van der Waals surface area contributed by atoms with Crippen LogP contribution in [0.1, 0.15) is 26.7 Å². The molecule has 0 spiro atoms. The molecule has 1 saturated carbocycles. The number of amides is 1. The molecule has 1 amide bonds. The van der Waals surface area contributed by atoms with Gasteiger partial charge in [-0.05, 0) is 26.7 Å². The Bertz CT molecular complexity index is 383. The standard InChI is InChI=1S/C11H14F3NO3/c1-3-18-9(17)10(4-5-10)15-8(16)6-7(2)11(12,13)14/h6H,3-5H2,1-2H3,(H,15,16)/b7-6+. The predicted molar refractivity (Wildman–Crippen MR) is 56.6 cm³/mol. The molecule has 1 rings (SSSR count). The number of allylic oxidation sites excluding steroid dienone is 1. The molecular formula is C11H14F3NO3.